The number of nitrogens with zero attached hydrogens (tertiary/aromatic N) is 4. The van der Waals surface area contributed by atoms with Crippen molar-refractivity contribution in [1.82, 2.24) is 15.1 Å². The van der Waals surface area contributed by atoms with Crippen LogP contribution in [0.3, 0.4) is 0 Å². The summed E-state index contributed by atoms with van der Waals surface area (Å²) in [4.78, 5) is 16.6. The van der Waals surface area contributed by atoms with Crippen molar-refractivity contribution in [3.8, 4) is 11.3 Å². The number of aryl methyl sites for hydroxylation is 1. The highest BCUT2D eigenvalue weighted by molar-refractivity contribution is 5.90. The maximum atomic E-state index is 12.6. The molecule has 2 heterocycles. The van der Waals surface area contributed by atoms with E-state index in [4.69, 9.17) is 0 Å². The van der Waals surface area contributed by atoms with Crippen LogP contribution in [0.5, 0.6) is 0 Å². The summed E-state index contributed by atoms with van der Waals surface area (Å²) >= 11 is 0. The van der Waals surface area contributed by atoms with Crippen molar-refractivity contribution in [2.75, 3.05) is 36.4 Å². The van der Waals surface area contributed by atoms with Crippen LogP contribution < -0.4 is 10.2 Å². The number of benzene rings is 3. The number of hydrogen-bond acceptors (Lipinski definition) is 4. The largest absolute Gasteiger partial charge is 0.352 e. The minimum Gasteiger partial charge on any atom is -0.352 e. The Labute approximate surface area is 187 Å². The molecule has 6 heteroatoms. The second kappa shape index (κ2) is 8.67. The normalized spacial score (nSPS) is 13.9. The first-order valence-corrected chi connectivity index (χ1v) is 10.9. The average molecular weight is 424 g/mol. The van der Waals surface area contributed by atoms with Gasteiger partial charge in [0.15, 0.2) is 5.82 Å². The molecule has 1 N–H and O–H groups in total. The molecule has 3 aromatic carbocycles. The van der Waals surface area contributed by atoms with Crippen LogP contribution in [-0.4, -0.2) is 47.3 Å². The predicted octanol–water partition coefficient (Wildman–Crippen LogP) is 4.96. The topological polar surface area (TPSA) is 61.4 Å². The lowest BCUT2D eigenvalue weighted by atomic mass is 10.1. The fourth-order valence-corrected chi connectivity index (χ4v) is 4.04. The van der Waals surface area contributed by atoms with E-state index < -0.39 is 0 Å². The van der Waals surface area contributed by atoms with Gasteiger partial charge in [-0.2, -0.15) is 0 Å². The maximum Gasteiger partial charge on any atom is 0.321 e. The first-order valence-electron chi connectivity index (χ1n) is 10.9. The number of hydrogen-bond donors (Lipinski definition) is 1. The van der Waals surface area contributed by atoms with Gasteiger partial charge in [-0.05, 0) is 47.5 Å². The van der Waals surface area contributed by atoms with E-state index in [1.54, 1.807) is 0 Å². The van der Waals surface area contributed by atoms with Crippen molar-refractivity contribution in [3.05, 3.63) is 84.4 Å². The third kappa shape index (κ3) is 4.12. The summed E-state index contributed by atoms with van der Waals surface area (Å²) in [5, 5.41) is 14.3. The van der Waals surface area contributed by atoms with E-state index in [0.717, 1.165) is 41.4 Å². The van der Waals surface area contributed by atoms with Crippen molar-refractivity contribution < 1.29 is 4.79 Å². The average Bonchev–Trinajstić information content (AvgIpc) is 2.85. The van der Waals surface area contributed by atoms with Crippen LogP contribution >= 0.6 is 0 Å². The number of nitrogens with one attached hydrogen (secondary N) is 1. The van der Waals surface area contributed by atoms with Crippen LogP contribution in [0.2, 0.25) is 0 Å². The Bertz CT molecular complexity index is 1250. The summed E-state index contributed by atoms with van der Waals surface area (Å²) in [5.41, 5.74) is 3.83. The Morgan fingerprint density at radius 3 is 2.31 bits per heavy atom. The van der Waals surface area contributed by atoms with Crippen LogP contribution in [0.1, 0.15) is 5.56 Å². The molecule has 0 aliphatic carbocycles. The number of rotatable bonds is 3. The lowest BCUT2D eigenvalue weighted by Gasteiger charge is -2.35. The second-order valence-corrected chi connectivity index (χ2v) is 8.06. The molecule has 2 amide bonds. The number of aromatic nitrogens is 2. The number of piperazine rings is 1. The van der Waals surface area contributed by atoms with E-state index in [-0.39, 0.29) is 6.03 Å². The first-order chi connectivity index (χ1) is 15.7. The molecule has 0 unspecified atom stereocenters. The van der Waals surface area contributed by atoms with E-state index in [0.29, 0.717) is 13.1 Å². The zero-order valence-corrected chi connectivity index (χ0v) is 18.0. The molecule has 0 saturated carbocycles. The van der Waals surface area contributed by atoms with E-state index >= 15 is 0 Å². The van der Waals surface area contributed by atoms with Gasteiger partial charge in [0.25, 0.3) is 0 Å². The fraction of sp³-hybridized carbons (Fsp3) is 0.192. The van der Waals surface area contributed by atoms with E-state index in [2.05, 4.69) is 50.7 Å². The predicted molar refractivity (Wildman–Crippen MR) is 129 cm³/mol. The Hall–Kier alpha value is -3.93. The van der Waals surface area contributed by atoms with Crippen molar-refractivity contribution in [3.63, 3.8) is 0 Å². The second-order valence-electron chi connectivity index (χ2n) is 8.06. The lowest BCUT2D eigenvalue weighted by molar-refractivity contribution is 0.208. The summed E-state index contributed by atoms with van der Waals surface area (Å²) < 4.78 is 0. The quantitative estimate of drug-likeness (QED) is 0.506. The zero-order chi connectivity index (χ0) is 21.9. The Morgan fingerprint density at radius 2 is 1.56 bits per heavy atom. The molecule has 5 rings (SSSR count). The number of anilines is 2. The summed E-state index contributed by atoms with van der Waals surface area (Å²) in [6, 6.07) is 26.4. The molecule has 32 heavy (non-hydrogen) atoms. The highest BCUT2D eigenvalue weighted by Gasteiger charge is 2.22. The van der Waals surface area contributed by atoms with Crippen LogP contribution in [0, 0.1) is 6.92 Å². The number of urea groups is 1. The van der Waals surface area contributed by atoms with Gasteiger partial charge >= 0.3 is 6.03 Å². The molecule has 1 saturated heterocycles. The van der Waals surface area contributed by atoms with Gasteiger partial charge in [0, 0.05) is 37.4 Å². The number of carbonyl (C=O) groups excluding carboxylic acids is 1. The monoisotopic (exact) mass is 423 g/mol. The smallest absolute Gasteiger partial charge is 0.321 e. The van der Waals surface area contributed by atoms with Gasteiger partial charge in [-0.3, -0.25) is 0 Å². The Kier molecular flexibility index (Phi) is 5.42. The summed E-state index contributed by atoms with van der Waals surface area (Å²) in [5.74, 6) is 0.841. The lowest BCUT2D eigenvalue weighted by Crippen LogP contribution is -2.50. The van der Waals surface area contributed by atoms with Crippen LogP contribution in [0.4, 0.5) is 16.3 Å². The van der Waals surface area contributed by atoms with Crippen molar-refractivity contribution in [2.24, 2.45) is 0 Å². The third-order valence-corrected chi connectivity index (χ3v) is 5.97. The van der Waals surface area contributed by atoms with Crippen LogP contribution in [-0.2, 0) is 0 Å². The number of carbonyl (C=O) groups is 1. The molecule has 160 valence electrons. The van der Waals surface area contributed by atoms with Gasteiger partial charge in [0.1, 0.15) is 0 Å². The van der Waals surface area contributed by atoms with Gasteiger partial charge in [0.2, 0.25) is 0 Å². The van der Waals surface area contributed by atoms with Gasteiger partial charge in [0.05, 0.1) is 5.69 Å². The molecule has 1 aliphatic rings. The van der Waals surface area contributed by atoms with Gasteiger partial charge in [-0.25, -0.2) is 4.79 Å². The minimum atomic E-state index is -0.0586. The van der Waals surface area contributed by atoms with E-state index in [9.17, 15) is 4.79 Å². The minimum absolute atomic E-state index is 0.0586. The van der Waals surface area contributed by atoms with Gasteiger partial charge in [-0.1, -0.05) is 54.6 Å². The molecule has 1 fully saturated rings. The molecule has 0 spiro atoms. The Balaban J connectivity index is 1.22. The third-order valence-electron chi connectivity index (χ3n) is 5.97. The van der Waals surface area contributed by atoms with E-state index in [1.165, 1.54) is 10.8 Å². The summed E-state index contributed by atoms with van der Waals surface area (Å²) in [6.07, 6.45) is 0. The number of fused-ring (bicyclic) bond motifs is 1. The zero-order valence-electron chi connectivity index (χ0n) is 18.0. The summed E-state index contributed by atoms with van der Waals surface area (Å²) in [7, 11) is 0. The molecule has 1 aliphatic heterocycles. The molecule has 0 atom stereocenters. The standard InChI is InChI=1S/C26H25N5O/c1-19-6-2-5-9-23(19)27-26(32)31-16-14-30(15-17-31)25-13-12-24(28-29-25)22-11-10-20-7-3-4-8-21(20)18-22/h2-13,18H,14-17H2,1H3,(H,27,32). The molecular formula is C26H25N5O. The van der Waals surface area contributed by atoms with Gasteiger partial charge < -0.3 is 15.1 Å². The molecule has 0 radical (unpaired) electrons. The number of amides is 2. The summed E-state index contributed by atoms with van der Waals surface area (Å²) in [6.45, 7) is 4.74. The van der Waals surface area contributed by atoms with Crippen molar-refractivity contribution in [1.29, 1.82) is 0 Å². The molecule has 0 bridgehead atoms. The Morgan fingerprint density at radius 1 is 0.812 bits per heavy atom. The van der Waals surface area contributed by atoms with Gasteiger partial charge in [-0.15, -0.1) is 10.2 Å². The fourth-order valence-electron chi connectivity index (χ4n) is 4.04. The highest BCUT2D eigenvalue weighted by atomic mass is 16.2. The number of para-hydroxylation sites is 1. The molecule has 6 nitrogen and oxygen atoms in total. The molecule has 4 aromatic rings. The SMILES string of the molecule is Cc1ccccc1NC(=O)N1CCN(c2ccc(-c3ccc4ccccc4c3)nn2)CC1. The highest BCUT2D eigenvalue weighted by Crippen LogP contribution is 2.24. The molecular weight excluding hydrogens is 398 g/mol. The van der Waals surface area contributed by atoms with Crippen LogP contribution in [0.25, 0.3) is 22.0 Å². The van der Waals surface area contributed by atoms with E-state index in [1.807, 2.05) is 60.4 Å². The molecule has 1 aromatic heterocycles. The van der Waals surface area contributed by atoms with Crippen molar-refractivity contribution >= 4 is 28.3 Å². The van der Waals surface area contributed by atoms with Crippen molar-refractivity contribution in [2.45, 2.75) is 6.92 Å². The maximum absolute atomic E-state index is 12.6. The first kappa shape index (κ1) is 20.0. The van der Waals surface area contributed by atoms with Crippen LogP contribution in [0.15, 0.2) is 78.9 Å².